The van der Waals surface area contributed by atoms with Gasteiger partial charge in [0.25, 0.3) is 0 Å². The lowest BCUT2D eigenvalue weighted by molar-refractivity contribution is -0.142. The molecule has 0 aliphatic carbocycles. The minimum absolute atomic E-state index is 0.0261. The van der Waals surface area contributed by atoms with Gasteiger partial charge in [-0.05, 0) is 42.7 Å². The van der Waals surface area contributed by atoms with Crippen LogP contribution in [-0.2, 0) is 26.0 Å². The summed E-state index contributed by atoms with van der Waals surface area (Å²) >= 11 is 11.9. The molecule has 0 saturated carbocycles. The first-order valence-corrected chi connectivity index (χ1v) is 11.3. The number of hydrogen-bond acceptors (Lipinski definition) is 5. The lowest BCUT2D eigenvalue weighted by atomic mass is 10.1. The third kappa shape index (κ3) is 5.10. The maximum absolute atomic E-state index is 13.1. The van der Waals surface area contributed by atoms with Crippen molar-refractivity contribution in [2.75, 3.05) is 6.54 Å². The zero-order valence-electron chi connectivity index (χ0n) is 15.7. The highest BCUT2D eigenvalue weighted by molar-refractivity contribution is 7.89. The number of aliphatic carboxylic acids is 1. The van der Waals surface area contributed by atoms with E-state index in [1.807, 2.05) is 0 Å². The van der Waals surface area contributed by atoms with E-state index in [0.29, 0.717) is 12.0 Å². The van der Waals surface area contributed by atoms with Crippen LogP contribution in [0.25, 0.3) is 0 Å². The summed E-state index contributed by atoms with van der Waals surface area (Å²) in [6.45, 7) is 0.130. The van der Waals surface area contributed by atoms with Crippen LogP contribution in [0.3, 0.4) is 0 Å². The van der Waals surface area contributed by atoms with E-state index in [0.717, 1.165) is 4.31 Å². The van der Waals surface area contributed by atoms with Gasteiger partial charge >= 0.3 is 5.97 Å². The minimum Gasteiger partial charge on any atom is -0.480 e. The number of carboxylic acids is 1. The van der Waals surface area contributed by atoms with Crippen molar-refractivity contribution in [3.63, 3.8) is 0 Å². The summed E-state index contributed by atoms with van der Waals surface area (Å²) in [4.78, 5) is 28.3. The van der Waals surface area contributed by atoms with Gasteiger partial charge in [0.1, 0.15) is 12.1 Å². The molecule has 30 heavy (non-hydrogen) atoms. The average Bonchev–Trinajstić information content (AvgIpc) is 3.18. The Morgan fingerprint density at radius 1 is 1.27 bits per heavy atom. The van der Waals surface area contributed by atoms with Crippen LogP contribution >= 0.6 is 23.2 Å². The summed E-state index contributed by atoms with van der Waals surface area (Å²) in [6, 6.07) is 5.06. The number of aromatic nitrogens is 1. The zero-order valence-corrected chi connectivity index (χ0v) is 18.0. The molecule has 0 radical (unpaired) electrons. The highest BCUT2D eigenvalue weighted by atomic mass is 35.5. The second-order valence-electron chi connectivity index (χ2n) is 6.84. The molecule has 1 aliphatic heterocycles. The van der Waals surface area contributed by atoms with E-state index in [4.69, 9.17) is 23.2 Å². The Morgan fingerprint density at radius 2 is 1.97 bits per heavy atom. The number of amides is 1. The summed E-state index contributed by atoms with van der Waals surface area (Å²) in [5.74, 6) is -1.89. The van der Waals surface area contributed by atoms with E-state index in [-0.39, 0.29) is 34.3 Å². The molecule has 1 amide bonds. The van der Waals surface area contributed by atoms with E-state index >= 15 is 0 Å². The van der Waals surface area contributed by atoms with Crippen molar-refractivity contribution in [2.24, 2.45) is 0 Å². The van der Waals surface area contributed by atoms with Gasteiger partial charge in [-0.2, -0.15) is 4.31 Å². The maximum Gasteiger partial charge on any atom is 0.326 e. The molecule has 1 fully saturated rings. The molecule has 1 aliphatic rings. The Hall–Kier alpha value is -2.20. The Kier molecular flexibility index (Phi) is 6.97. The van der Waals surface area contributed by atoms with Crippen molar-refractivity contribution < 1.29 is 23.1 Å². The molecule has 1 aromatic carbocycles. The minimum atomic E-state index is -4.05. The topological polar surface area (TPSA) is 117 Å². The normalized spacial score (nSPS) is 18.1. The summed E-state index contributed by atoms with van der Waals surface area (Å²) in [5, 5.41) is 12.3. The van der Waals surface area contributed by atoms with E-state index in [9.17, 15) is 23.1 Å². The molecular weight excluding hydrogens is 453 g/mol. The highest BCUT2D eigenvalue weighted by Gasteiger charge is 2.40. The fraction of sp³-hybridized carbons (Fsp3) is 0.316. The molecule has 2 heterocycles. The van der Waals surface area contributed by atoms with Gasteiger partial charge in [-0.25, -0.2) is 13.2 Å². The molecule has 2 N–H and O–H groups in total. The maximum atomic E-state index is 13.1. The lowest BCUT2D eigenvalue weighted by Gasteiger charge is -2.25. The molecule has 11 heteroatoms. The first-order chi connectivity index (χ1) is 14.2. The van der Waals surface area contributed by atoms with Gasteiger partial charge in [-0.1, -0.05) is 29.3 Å². The van der Waals surface area contributed by atoms with Crippen molar-refractivity contribution in [3.05, 3.63) is 58.3 Å². The number of halogens is 2. The van der Waals surface area contributed by atoms with Crippen LogP contribution in [0.1, 0.15) is 18.4 Å². The smallest absolute Gasteiger partial charge is 0.326 e. The van der Waals surface area contributed by atoms with Crippen LogP contribution < -0.4 is 5.32 Å². The fourth-order valence-corrected chi connectivity index (χ4v) is 5.71. The van der Waals surface area contributed by atoms with Gasteiger partial charge in [0.15, 0.2) is 0 Å². The van der Waals surface area contributed by atoms with Gasteiger partial charge in [0, 0.05) is 35.4 Å². The molecule has 0 spiro atoms. The Morgan fingerprint density at radius 3 is 2.57 bits per heavy atom. The third-order valence-corrected chi connectivity index (χ3v) is 7.05. The standard InChI is InChI=1S/C19H19Cl2N3O5S/c20-13-8-14(21)10-15(9-13)30(28,29)24-6-2-4-17(24)18(25)23-16(19(26)27)7-12-3-1-5-22-11-12/h1,3,5,8-11,16-17H,2,4,6-7H2,(H,23,25)(H,26,27)/t16-,17-/m0/s1. The Balaban J connectivity index is 1.79. The Bertz CT molecular complexity index is 1030. The summed E-state index contributed by atoms with van der Waals surface area (Å²) in [7, 11) is -4.05. The summed E-state index contributed by atoms with van der Waals surface area (Å²) in [5.41, 5.74) is 0.634. The second-order valence-corrected chi connectivity index (χ2v) is 9.61. The first-order valence-electron chi connectivity index (χ1n) is 9.08. The Labute approximate surface area is 183 Å². The molecule has 3 rings (SSSR count). The van der Waals surface area contributed by atoms with Gasteiger partial charge in [0.2, 0.25) is 15.9 Å². The number of carboxylic acid groups (broad SMARTS) is 1. The molecule has 2 aromatic rings. The number of rotatable bonds is 7. The van der Waals surface area contributed by atoms with Crippen LogP contribution in [0, 0.1) is 0 Å². The molecule has 2 atom stereocenters. The lowest BCUT2D eigenvalue weighted by Crippen LogP contribution is -2.51. The number of nitrogens with zero attached hydrogens (tertiary/aromatic N) is 2. The number of hydrogen-bond donors (Lipinski definition) is 2. The molecule has 1 aromatic heterocycles. The van der Waals surface area contributed by atoms with Crippen molar-refractivity contribution in [2.45, 2.75) is 36.2 Å². The summed E-state index contributed by atoms with van der Waals surface area (Å²) < 4.78 is 27.2. The van der Waals surface area contributed by atoms with Crippen molar-refractivity contribution in [1.82, 2.24) is 14.6 Å². The number of benzene rings is 1. The number of pyridine rings is 1. The van der Waals surface area contributed by atoms with Gasteiger partial charge in [-0.15, -0.1) is 0 Å². The van der Waals surface area contributed by atoms with E-state index < -0.39 is 34.0 Å². The van der Waals surface area contributed by atoms with E-state index in [1.54, 1.807) is 18.3 Å². The van der Waals surface area contributed by atoms with E-state index in [1.165, 1.54) is 24.4 Å². The van der Waals surface area contributed by atoms with Crippen molar-refractivity contribution in [1.29, 1.82) is 0 Å². The van der Waals surface area contributed by atoms with Gasteiger partial charge in [0.05, 0.1) is 4.90 Å². The first kappa shape index (κ1) is 22.5. The van der Waals surface area contributed by atoms with Crippen LogP contribution in [0.4, 0.5) is 0 Å². The number of sulfonamides is 1. The van der Waals surface area contributed by atoms with Crippen molar-refractivity contribution in [3.8, 4) is 0 Å². The summed E-state index contributed by atoms with van der Waals surface area (Å²) in [6.07, 6.45) is 3.83. The quantitative estimate of drug-likeness (QED) is 0.639. The molecule has 1 saturated heterocycles. The number of carbonyl (C=O) groups excluding carboxylic acids is 1. The third-order valence-electron chi connectivity index (χ3n) is 4.73. The largest absolute Gasteiger partial charge is 0.480 e. The monoisotopic (exact) mass is 471 g/mol. The predicted molar refractivity (Wildman–Crippen MR) is 111 cm³/mol. The van der Waals surface area contributed by atoms with Crippen molar-refractivity contribution >= 4 is 45.1 Å². The van der Waals surface area contributed by atoms with Gasteiger partial charge < -0.3 is 10.4 Å². The van der Waals surface area contributed by atoms with Crippen LogP contribution in [-0.4, -0.2) is 53.3 Å². The predicted octanol–water partition coefficient (Wildman–Crippen LogP) is 2.35. The fourth-order valence-electron chi connectivity index (χ4n) is 3.33. The van der Waals surface area contributed by atoms with Gasteiger partial charge in [-0.3, -0.25) is 9.78 Å². The molecule has 8 nitrogen and oxygen atoms in total. The molecular formula is C19H19Cl2N3O5S. The molecule has 0 unspecified atom stereocenters. The SMILES string of the molecule is O=C(O)[C@H](Cc1cccnc1)NC(=O)[C@@H]1CCCN1S(=O)(=O)c1cc(Cl)cc(Cl)c1. The number of nitrogens with one attached hydrogen (secondary N) is 1. The molecule has 0 bridgehead atoms. The van der Waals surface area contributed by atoms with E-state index in [2.05, 4.69) is 10.3 Å². The van der Waals surface area contributed by atoms with Crippen LogP contribution in [0.2, 0.25) is 10.0 Å². The average molecular weight is 472 g/mol. The molecule has 160 valence electrons. The van der Waals surface area contributed by atoms with Crippen LogP contribution in [0.15, 0.2) is 47.6 Å². The number of carbonyl (C=O) groups is 2. The van der Waals surface area contributed by atoms with Crippen LogP contribution in [0.5, 0.6) is 0 Å². The second kappa shape index (κ2) is 9.30. The zero-order chi connectivity index (χ0) is 21.9. The highest BCUT2D eigenvalue weighted by Crippen LogP contribution is 2.29.